The van der Waals surface area contributed by atoms with E-state index < -0.39 is 11.7 Å². The van der Waals surface area contributed by atoms with E-state index in [0.29, 0.717) is 36.5 Å². The molecular weight excluding hydrogens is 353 g/mol. The Labute approximate surface area is 148 Å². The summed E-state index contributed by atoms with van der Waals surface area (Å²) in [5, 5.41) is 0.557. The SMILES string of the molecule is O=C(c1ccc(Cl)cc1)C1CCN(c2ncccc2C(F)(F)F)CC1. The van der Waals surface area contributed by atoms with Crippen LogP contribution in [0.3, 0.4) is 0 Å². The fraction of sp³-hybridized carbons (Fsp3) is 0.333. The van der Waals surface area contributed by atoms with Gasteiger partial charge in [-0.1, -0.05) is 11.6 Å². The van der Waals surface area contributed by atoms with Crippen LogP contribution in [0.2, 0.25) is 5.02 Å². The smallest absolute Gasteiger partial charge is 0.356 e. The van der Waals surface area contributed by atoms with Gasteiger partial charge in [-0.2, -0.15) is 13.2 Å². The standard InChI is InChI=1S/C18H16ClF3N2O/c19-14-5-3-12(4-6-14)16(25)13-7-10-24(11-8-13)17-15(18(20,21)22)2-1-9-23-17/h1-6,9,13H,7-8,10-11H2. The first-order valence-corrected chi connectivity index (χ1v) is 8.31. The van der Waals surface area contributed by atoms with Crippen molar-refractivity contribution in [3.8, 4) is 0 Å². The van der Waals surface area contributed by atoms with Gasteiger partial charge in [-0.3, -0.25) is 4.79 Å². The number of ketones is 1. The topological polar surface area (TPSA) is 33.2 Å². The van der Waals surface area contributed by atoms with E-state index in [-0.39, 0.29) is 17.5 Å². The zero-order valence-electron chi connectivity index (χ0n) is 13.3. The van der Waals surface area contributed by atoms with Crippen molar-refractivity contribution in [1.29, 1.82) is 0 Å². The molecular formula is C18H16ClF3N2O. The van der Waals surface area contributed by atoms with Gasteiger partial charge in [0.25, 0.3) is 0 Å². The zero-order chi connectivity index (χ0) is 18.0. The second kappa shape index (κ2) is 7.04. The predicted molar refractivity (Wildman–Crippen MR) is 90.0 cm³/mol. The van der Waals surface area contributed by atoms with Crippen LogP contribution in [0.25, 0.3) is 0 Å². The molecule has 1 fully saturated rings. The van der Waals surface area contributed by atoms with Crippen LogP contribution in [0, 0.1) is 5.92 Å². The average molecular weight is 369 g/mol. The molecule has 3 rings (SSSR count). The fourth-order valence-corrected chi connectivity index (χ4v) is 3.20. The number of hydrogen-bond acceptors (Lipinski definition) is 3. The Balaban J connectivity index is 1.70. The van der Waals surface area contributed by atoms with Crippen molar-refractivity contribution in [1.82, 2.24) is 4.98 Å². The van der Waals surface area contributed by atoms with Gasteiger partial charge in [0.05, 0.1) is 5.56 Å². The highest BCUT2D eigenvalue weighted by Crippen LogP contribution is 2.36. The van der Waals surface area contributed by atoms with E-state index in [1.54, 1.807) is 29.2 Å². The Morgan fingerprint density at radius 2 is 1.76 bits per heavy atom. The lowest BCUT2D eigenvalue weighted by Gasteiger charge is -2.33. The summed E-state index contributed by atoms with van der Waals surface area (Å²) in [6.45, 7) is 0.730. The number of pyridine rings is 1. The first kappa shape index (κ1) is 17.7. The van der Waals surface area contributed by atoms with Gasteiger partial charge >= 0.3 is 6.18 Å². The predicted octanol–water partition coefficient (Wildman–Crippen LogP) is 4.85. The van der Waals surface area contributed by atoms with E-state index >= 15 is 0 Å². The lowest BCUT2D eigenvalue weighted by molar-refractivity contribution is -0.137. The van der Waals surface area contributed by atoms with Gasteiger partial charge in [-0.25, -0.2) is 4.98 Å². The van der Waals surface area contributed by atoms with Crippen molar-refractivity contribution in [3.63, 3.8) is 0 Å². The van der Waals surface area contributed by atoms with E-state index in [2.05, 4.69) is 4.98 Å². The zero-order valence-corrected chi connectivity index (χ0v) is 14.0. The van der Waals surface area contributed by atoms with Gasteiger partial charge in [0, 0.05) is 35.8 Å². The molecule has 0 amide bonds. The van der Waals surface area contributed by atoms with Crippen LogP contribution in [0.1, 0.15) is 28.8 Å². The van der Waals surface area contributed by atoms with Gasteiger partial charge in [-0.05, 0) is 49.2 Å². The van der Waals surface area contributed by atoms with Crippen LogP contribution in [0.5, 0.6) is 0 Å². The highest BCUT2D eigenvalue weighted by atomic mass is 35.5. The summed E-state index contributed by atoms with van der Waals surface area (Å²) >= 11 is 5.82. The summed E-state index contributed by atoms with van der Waals surface area (Å²) in [5.41, 5.74) is -0.158. The van der Waals surface area contributed by atoms with E-state index in [9.17, 15) is 18.0 Å². The van der Waals surface area contributed by atoms with E-state index in [0.717, 1.165) is 6.07 Å². The third-order valence-electron chi connectivity index (χ3n) is 4.39. The summed E-state index contributed by atoms with van der Waals surface area (Å²) in [4.78, 5) is 18.0. The molecule has 1 aromatic heterocycles. The second-order valence-electron chi connectivity index (χ2n) is 6.00. The van der Waals surface area contributed by atoms with Gasteiger partial charge in [-0.15, -0.1) is 0 Å². The number of carbonyl (C=O) groups is 1. The Morgan fingerprint density at radius 1 is 1.12 bits per heavy atom. The number of benzene rings is 1. The van der Waals surface area contributed by atoms with Crippen molar-refractivity contribution in [2.75, 3.05) is 18.0 Å². The maximum absolute atomic E-state index is 13.1. The average Bonchev–Trinajstić information content (AvgIpc) is 2.61. The largest absolute Gasteiger partial charge is 0.419 e. The number of halogens is 4. The molecule has 2 heterocycles. The minimum Gasteiger partial charge on any atom is -0.356 e. The van der Waals surface area contributed by atoms with Crippen LogP contribution in [0.4, 0.5) is 19.0 Å². The summed E-state index contributed by atoms with van der Waals surface area (Å²) in [7, 11) is 0. The monoisotopic (exact) mass is 368 g/mol. The molecule has 1 aliphatic rings. The number of rotatable bonds is 3. The molecule has 25 heavy (non-hydrogen) atoms. The molecule has 132 valence electrons. The molecule has 2 aromatic rings. The summed E-state index contributed by atoms with van der Waals surface area (Å²) in [5.74, 6) is -0.253. The first-order valence-electron chi connectivity index (χ1n) is 7.93. The molecule has 0 bridgehead atoms. The number of carbonyl (C=O) groups excluding carboxylic acids is 1. The lowest BCUT2D eigenvalue weighted by Crippen LogP contribution is -2.38. The Morgan fingerprint density at radius 3 is 2.36 bits per heavy atom. The van der Waals surface area contributed by atoms with Gasteiger partial charge < -0.3 is 4.90 Å². The Bertz CT molecular complexity index is 754. The molecule has 0 aliphatic carbocycles. The third kappa shape index (κ3) is 3.95. The molecule has 1 saturated heterocycles. The Kier molecular flexibility index (Phi) is 4.99. The normalized spacial score (nSPS) is 16.1. The fourth-order valence-electron chi connectivity index (χ4n) is 3.07. The van der Waals surface area contributed by atoms with Crippen LogP contribution in [-0.4, -0.2) is 23.9 Å². The highest BCUT2D eigenvalue weighted by molar-refractivity contribution is 6.30. The molecule has 0 atom stereocenters. The molecule has 7 heteroatoms. The van der Waals surface area contributed by atoms with Crippen molar-refractivity contribution in [2.24, 2.45) is 5.92 Å². The second-order valence-corrected chi connectivity index (χ2v) is 6.44. The highest BCUT2D eigenvalue weighted by Gasteiger charge is 2.37. The molecule has 0 spiro atoms. The maximum atomic E-state index is 13.1. The quantitative estimate of drug-likeness (QED) is 0.726. The van der Waals surface area contributed by atoms with Crippen molar-refractivity contribution >= 4 is 23.2 Å². The Hall–Kier alpha value is -2.08. The van der Waals surface area contributed by atoms with Crippen molar-refractivity contribution in [2.45, 2.75) is 19.0 Å². The van der Waals surface area contributed by atoms with Crippen LogP contribution >= 0.6 is 11.6 Å². The summed E-state index contributed by atoms with van der Waals surface area (Å²) < 4.78 is 39.4. The van der Waals surface area contributed by atoms with Crippen LogP contribution in [-0.2, 0) is 6.18 Å². The van der Waals surface area contributed by atoms with E-state index in [1.807, 2.05) is 0 Å². The van der Waals surface area contributed by atoms with Crippen LogP contribution in [0.15, 0.2) is 42.6 Å². The van der Waals surface area contributed by atoms with Gasteiger partial charge in [0.15, 0.2) is 5.78 Å². The number of anilines is 1. The molecule has 1 aliphatic heterocycles. The van der Waals surface area contributed by atoms with Crippen molar-refractivity contribution < 1.29 is 18.0 Å². The van der Waals surface area contributed by atoms with Crippen molar-refractivity contribution in [3.05, 3.63) is 58.7 Å². The third-order valence-corrected chi connectivity index (χ3v) is 4.64. The number of alkyl halides is 3. The molecule has 0 saturated carbocycles. The minimum atomic E-state index is -4.44. The van der Waals surface area contributed by atoms with E-state index in [1.165, 1.54) is 12.3 Å². The summed E-state index contributed by atoms with van der Waals surface area (Å²) in [6, 6.07) is 8.99. The molecule has 3 nitrogen and oxygen atoms in total. The minimum absolute atomic E-state index is 0.00776. The number of piperidine rings is 1. The lowest BCUT2D eigenvalue weighted by atomic mass is 9.89. The maximum Gasteiger partial charge on any atom is 0.419 e. The number of Topliss-reactive ketones (excluding diaryl/α,β-unsaturated/α-hetero) is 1. The van der Waals surface area contributed by atoms with Gasteiger partial charge in [0.1, 0.15) is 5.82 Å². The number of nitrogens with zero attached hydrogens (tertiary/aromatic N) is 2. The summed E-state index contributed by atoms with van der Waals surface area (Å²) in [6.07, 6.45) is -2.10. The van der Waals surface area contributed by atoms with Gasteiger partial charge in [0.2, 0.25) is 0 Å². The van der Waals surface area contributed by atoms with E-state index in [4.69, 9.17) is 11.6 Å². The number of aromatic nitrogens is 1. The molecule has 0 radical (unpaired) electrons. The molecule has 0 unspecified atom stereocenters. The molecule has 1 aromatic carbocycles. The first-order chi connectivity index (χ1) is 11.9. The van der Waals surface area contributed by atoms with Crippen LogP contribution < -0.4 is 4.90 Å². The molecule has 0 N–H and O–H groups in total. The number of hydrogen-bond donors (Lipinski definition) is 0.